The second-order valence-corrected chi connectivity index (χ2v) is 6.99. The summed E-state index contributed by atoms with van der Waals surface area (Å²) < 4.78 is 35.8. The lowest BCUT2D eigenvalue weighted by atomic mass is 10.2. The Morgan fingerprint density at radius 3 is 2.71 bits per heavy atom. The molecule has 0 saturated heterocycles. The Morgan fingerprint density at radius 2 is 2.12 bits per heavy atom. The average molecular weight is 324 g/mol. The Balaban J connectivity index is 2.39. The highest BCUT2D eigenvalue weighted by Gasteiger charge is 2.06. The Labute approximate surface area is 109 Å². The van der Waals surface area contributed by atoms with Gasteiger partial charge in [-0.1, -0.05) is 13.0 Å². The van der Waals surface area contributed by atoms with Gasteiger partial charge in [0.15, 0.2) is 9.84 Å². The van der Waals surface area contributed by atoms with Crippen LogP contribution < -0.4 is 5.32 Å². The molecule has 0 saturated carbocycles. The fraction of sp³-hybridized carbons (Fsp3) is 0.455. The van der Waals surface area contributed by atoms with Crippen molar-refractivity contribution >= 4 is 25.8 Å². The highest BCUT2D eigenvalue weighted by atomic mass is 79.9. The minimum atomic E-state index is -2.92. The fourth-order valence-corrected chi connectivity index (χ4v) is 2.42. The molecule has 0 bridgehead atoms. The van der Waals surface area contributed by atoms with E-state index in [1.807, 2.05) is 0 Å². The number of nitrogens with one attached hydrogen (secondary N) is 1. The topological polar surface area (TPSA) is 46.2 Å². The highest BCUT2D eigenvalue weighted by molar-refractivity contribution is 9.10. The first kappa shape index (κ1) is 14.6. The van der Waals surface area contributed by atoms with Gasteiger partial charge in [0.1, 0.15) is 5.82 Å². The smallest absolute Gasteiger partial charge is 0.151 e. The first-order valence-electron chi connectivity index (χ1n) is 5.29. The monoisotopic (exact) mass is 323 g/mol. The van der Waals surface area contributed by atoms with E-state index in [-0.39, 0.29) is 17.3 Å². The van der Waals surface area contributed by atoms with E-state index in [4.69, 9.17) is 0 Å². The predicted octanol–water partition coefficient (Wildman–Crippen LogP) is 2.11. The SMILES string of the molecule is CCS(=O)(=O)CCNCc1ccc(F)c(Br)c1. The largest absolute Gasteiger partial charge is 0.312 e. The second-order valence-electron chi connectivity index (χ2n) is 3.66. The molecule has 1 aromatic rings. The molecule has 0 spiro atoms. The molecule has 0 aliphatic heterocycles. The van der Waals surface area contributed by atoms with Gasteiger partial charge in [-0.3, -0.25) is 0 Å². The summed E-state index contributed by atoms with van der Waals surface area (Å²) in [5.74, 6) is -0.00913. The van der Waals surface area contributed by atoms with E-state index < -0.39 is 9.84 Å². The molecule has 0 unspecified atom stereocenters. The molecule has 0 radical (unpaired) electrons. The molecule has 3 nitrogen and oxygen atoms in total. The van der Waals surface area contributed by atoms with Crippen LogP contribution in [0.3, 0.4) is 0 Å². The number of sulfone groups is 1. The van der Waals surface area contributed by atoms with Gasteiger partial charge in [0.05, 0.1) is 10.2 Å². The van der Waals surface area contributed by atoms with Crippen molar-refractivity contribution in [3.8, 4) is 0 Å². The van der Waals surface area contributed by atoms with Gasteiger partial charge in [0.25, 0.3) is 0 Å². The van der Waals surface area contributed by atoms with Gasteiger partial charge in [-0.2, -0.15) is 0 Å². The number of hydrogen-bond acceptors (Lipinski definition) is 3. The third-order valence-corrected chi connectivity index (χ3v) is 4.66. The number of halogens is 2. The Bertz CT molecular complexity index is 476. The van der Waals surface area contributed by atoms with Gasteiger partial charge in [0, 0.05) is 18.8 Å². The number of rotatable bonds is 6. The molecule has 0 fully saturated rings. The van der Waals surface area contributed by atoms with Crippen molar-refractivity contribution in [1.82, 2.24) is 5.32 Å². The quantitative estimate of drug-likeness (QED) is 0.816. The molecule has 0 aliphatic rings. The predicted molar refractivity (Wildman–Crippen MR) is 70.1 cm³/mol. The van der Waals surface area contributed by atoms with Gasteiger partial charge in [-0.05, 0) is 33.6 Å². The lowest BCUT2D eigenvalue weighted by Gasteiger charge is -2.05. The van der Waals surface area contributed by atoms with E-state index in [9.17, 15) is 12.8 Å². The Kier molecular flexibility index (Phi) is 5.55. The van der Waals surface area contributed by atoms with Gasteiger partial charge < -0.3 is 5.32 Å². The van der Waals surface area contributed by atoms with Crippen LogP contribution in [0.2, 0.25) is 0 Å². The van der Waals surface area contributed by atoms with Crippen molar-refractivity contribution in [1.29, 1.82) is 0 Å². The van der Waals surface area contributed by atoms with Crippen molar-refractivity contribution in [3.63, 3.8) is 0 Å². The zero-order valence-corrected chi connectivity index (χ0v) is 11.9. The number of hydrogen-bond donors (Lipinski definition) is 1. The minimum Gasteiger partial charge on any atom is -0.312 e. The third-order valence-electron chi connectivity index (χ3n) is 2.34. The summed E-state index contributed by atoms with van der Waals surface area (Å²) in [5, 5.41) is 3.02. The van der Waals surface area contributed by atoms with E-state index in [0.29, 0.717) is 17.6 Å². The van der Waals surface area contributed by atoms with Crippen molar-refractivity contribution in [3.05, 3.63) is 34.1 Å². The summed E-state index contributed by atoms with van der Waals surface area (Å²) in [4.78, 5) is 0. The van der Waals surface area contributed by atoms with Crippen molar-refractivity contribution in [2.24, 2.45) is 0 Å². The Morgan fingerprint density at radius 1 is 1.41 bits per heavy atom. The highest BCUT2D eigenvalue weighted by Crippen LogP contribution is 2.16. The van der Waals surface area contributed by atoms with Gasteiger partial charge in [-0.15, -0.1) is 0 Å². The first-order valence-corrected chi connectivity index (χ1v) is 7.91. The summed E-state index contributed by atoms with van der Waals surface area (Å²) >= 11 is 3.10. The standard InChI is InChI=1S/C11H15BrFNO2S/c1-2-17(15,16)6-5-14-8-9-3-4-11(13)10(12)7-9/h3-4,7,14H,2,5-6,8H2,1H3. The van der Waals surface area contributed by atoms with E-state index >= 15 is 0 Å². The van der Waals surface area contributed by atoms with Crippen LogP contribution in [0.15, 0.2) is 22.7 Å². The molecule has 1 rings (SSSR count). The second kappa shape index (κ2) is 6.47. The molecule has 0 amide bonds. The zero-order valence-electron chi connectivity index (χ0n) is 9.54. The molecule has 96 valence electrons. The van der Waals surface area contributed by atoms with Crippen molar-refractivity contribution in [2.45, 2.75) is 13.5 Å². The van der Waals surface area contributed by atoms with Gasteiger partial charge in [0.2, 0.25) is 0 Å². The summed E-state index contributed by atoms with van der Waals surface area (Å²) in [6.07, 6.45) is 0. The summed E-state index contributed by atoms with van der Waals surface area (Å²) in [6, 6.07) is 4.72. The van der Waals surface area contributed by atoms with Crippen molar-refractivity contribution in [2.75, 3.05) is 18.1 Å². The zero-order chi connectivity index (χ0) is 12.9. The van der Waals surface area contributed by atoms with Gasteiger partial charge >= 0.3 is 0 Å². The van der Waals surface area contributed by atoms with Crippen LogP contribution in [-0.2, 0) is 16.4 Å². The summed E-state index contributed by atoms with van der Waals surface area (Å²) in [7, 11) is -2.92. The average Bonchev–Trinajstić information content (AvgIpc) is 2.29. The third kappa shape index (κ3) is 5.14. The van der Waals surface area contributed by atoms with Gasteiger partial charge in [-0.25, -0.2) is 12.8 Å². The minimum absolute atomic E-state index is 0.131. The molecule has 6 heteroatoms. The molecular weight excluding hydrogens is 309 g/mol. The normalized spacial score (nSPS) is 11.7. The van der Waals surface area contributed by atoms with E-state index in [1.165, 1.54) is 6.07 Å². The molecule has 0 atom stereocenters. The summed E-state index contributed by atoms with van der Waals surface area (Å²) in [6.45, 7) is 2.57. The molecule has 0 heterocycles. The fourth-order valence-electron chi connectivity index (χ4n) is 1.25. The molecular formula is C11H15BrFNO2S. The van der Waals surface area contributed by atoms with Crippen LogP contribution in [0.1, 0.15) is 12.5 Å². The maximum Gasteiger partial charge on any atom is 0.151 e. The lowest BCUT2D eigenvalue weighted by Crippen LogP contribution is -2.23. The maximum atomic E-state index is 12.9. The lowest BCUT2D eigenvalue weighted by molar-refractivity contribution is 0.591. The van der Waals surface area contributed by atoms with E-state index in [1.54, 1.807) is 19.1 Å². The molecule has 0 aliphatic carbocycles. The molecule has 0 aromatic heterocycles. The summed E-state index contributed by atoms with van der Waals surface area (Å²) in [5.41, 5.74) is 0.909. The maximum absolute atomic E-state index is 12.9. The molecule has 17 heavy (non-hydrogen) atoms. The molecule has 1 N–H and O–H groups in total. The Hall–Kier alpha value is -0.460. The van der Waals surface area contributed by atoms with E-state index in [2.05, 4.69) is 21.2 Å². The van der Waals surface area contributed by atoms with E-state index in [0.717, 1.165) is 5.56 Å². The van der Waals surface area contributed by atoms with Crippen LogP contribution in [0.5, 0.6) is 0 Å². The first-order chi connectivity index (χ1) is 7.94. The van der Waals surface area contributed by atoms with Crippen LogP contribution in [0.4, 0.5) is 4.39 Å². The van der Waals surface area contributed by atoms with Crippen LogP contribution >= 0.6 is 15.9 Å². The van der Waals surface area contributed by atoms with Crippen LogP contribution in [0.25, 0.3) is 0 Å². The molecule has 1 aromatic carbocycles. The van der Waals surface area contributed by atoms with Crippen LogP contribution in [-0.4, -0.2) is 26.5 Å². The van der Waals surface area contributed by atoms with Crippen molar-refractivity contribution < 1.29 is 12.8 Å². The van der Waals surface area contributed by atoms with Crippen LogP contribution in [0, 0.1) is 5.82 Å². The number of benzene rings is 1.